The summed E-state index contributed by atoms with van der Waals surface area (Å²) in [7, 11) is 0. The van der Waals surface area contributed by atoms with Gasteiger partial charge < -0.3 is 10.4 Å². The van der Waals surface area contributed by atoms with Gasteiger partial charge >= 0.3 is 5.97 Å². The maximum atomic E-state index is 11.4. The zero-order chi connectivity index (χ0) is 14.7. The predicted octanol–water partition coefficient (Wildman–Crippen LogP) is 3.50. The van der Waals surface area contributed by atoms with Gasteiger partial charge in [0.25, 0.3) is 0 Å². The van der Waals surface area contributed by atoms with Crippen molar-refractivity contribution in [2.75, 3.05) is 5.32 Å². The topological polar surface area (TPSA) is 62.2 Å². The normalized spacial score (nSPS) is 12.2. The van der Waals surface area contributed by atoms with Crippen molar-refractivity contribution in [1.82, 2.24) is 4.98 Å². The number of pyridine rings is 1. The number of nitrogens with zero attached hydrogens (tertiary/aromatic N) is 1. The van der Waals surface area contributed by atoms with Crippen LogP contribution in [-0.4, -0.2) is 22.1 Å². The van der Waals surface area contributed by atoms with Crippen LogP contribution in [0.2, 0.25) is 0 Å². The van der Waals surface area contributed by atoms with Crippen molar-refractivity contribution in [2.45, 2.75) is 33.2 Å². The van der Waals surface area contributed by atoms with Crippen LogP contribution in [0.5, 0.6) is 0 Å². The van der Waals surface area contributed by atoms with Crippen LogP contribution < -0.4 is 5.32 Å². The number of nitrogens with one attached hydrogen (secondary N) is 1. The monoisotopic (exact) mass is 290 g/mol. The number of carbonyl (C=O) groups is 1. The molecule has 1 atom stereocenters. The number of hydrogen-bond donors (Lipinski definition) is 2. The van der Waals surface area contributed by atoms with Gasteiger partial charge in [0.1, 0.15) is 5.56 Å². The first-order valence-corrected chi connectivity index (χ1v) is 7.41. The van der Waals surface area contributed by atoms with E-state index < -0.39 is 5.97 Å². The molecular formula is C15H18N2O2S. The lowest BCUT2D eigenvalue weighted by Crippen LogP contribution is -2.20. The second-order valence-electron chi connectivity index (χ2n) is 4.96. The van der Waals surface area contributed by atoms with Crippen molar-refractivity contribution < 1.29 is 9.90 Å². The molecule has 2 N–H and O–H groups in total. The highest BCUT2D eigenvalue weighted by atomic mass is 32.1. The Morgan fingerprint density at radius 3 is 2.85 bits per heavy atom. The molecule has 4 nitrogen and oxygen atoms in total. The van der Waals surface area contributed by atoms with Crippen molar-refractivity contribution in [2.24, 2.45) is 0 Å². The molecule has 2 rings (SSSR count). The second kappa shape index (κ2) is 6.05. The summed E-state index contributed by atoms with van der Waals surface area (Å²) >= 11 is 1.67. The van der Waals surface area contributed by atoms with Crippen LogP contribution in [0.25, 0.3) is 0 Å². The van der Waals surface area contributed by atoms with E-state index in [0.29, 0.717) is 11.4 Å². The molecule has 0 amide bonds. The highest BCUT2D eigenvalue weighted by molar-refractivity contribution is 7.07. The summed E-state index contributed by atoms with van der Waals surface area (Å²) in [6, 6.07) is 4.04. The Balaban J connectivity index is 2.21. The zero-order valence-electron chi connectivity index (χ0n) is 11.8. The summed E-state index contributed by atoms with van der Waals surface area (Å²) in [6.45, 7) is 5.65. The van der Waals surface area contributed by atoms with E-state index >= 15 is 0 Å². The first-order valence-electron chi connectivity index (χ1n) is 6.46. The highest BCUT2D eigenvalue weighted by Crippen LogP contribution is 2.21. The Morgan fingerprint density at radius 1 is 1.50 bits per heavy atom. The number of hydrogen-bond acceptors (Lipinski definition) is 4. The van der Waals surface area contributed by atoms with E-state index in [1.54, 1.807) is 24.3 Å². The van der Waals surface area contributed by atoms with Crippen molar-refractivity contribution in [3.05, 3.63) is 45.4 Å². The number of rotatable bonds is 5. The summed E-state index contributed by atoms with van der Waals surface area (Å²) < 4.78 is 0. The Labute approximate surface area is 122 Å². The number of aromatic nitrogens is 1. The van der Waals surface area contributed by atoms with Crippen LogP contribution in [0.15, 0.2) is 22.9 Å². The number of thiophene rings is 1. The Morgan fingerprint density at radius 2 is 2.25 bits per heavy atom. The molecule has 1 unspecified atom stereocenters. The lowest BCUT2D eigenvalue weighted by molar-refractivity contribution is 0.0696. The van der Waals surface area contributed by atoms with Crippen molar-refractivity contribution in [1.29, 1.82) is 0 Å². The van der Waals surface area contributed by atoms with E-state index in [9.17, 15) is 9.90 Å². The molecule has 0 saturated carbocycles. The average Bonchev–Trinajstić information content (AvgIpc) is 2.79. The fourth-order valence-electron chi connectivity index (χ4n) is 2.29. The van der Waals surface area contributed by atoms with Crippen LogP contribution >= 0.6 is 11.3 Å². The fourth-order valence-corrected chi connectivity index (χ4v) is 2.97. The standard InChI is InChI=1S/C15H18N2O2S/c1-9(6-12-4-5-20-8-12)17-13-7-10(2)16-11(3)14(13)15(18)19/h4-5,7-9H,6H2,1-3H3,(H,16,17)(H,18,19). The van der Waals surface area contributed by atoms with Gasteiger partial charge in [0, 0.05) is 11.7 Å². The van der Waals surface area contributed by atoms with Gasteiger partial charge in [0.05, 0.1) is 11.4 Å². The molecule has 0 aliphatic carbocycles. The van der Waals surface area contributed by atoms with E-state index in [1.165, 1.54) is 5.56 Å². The zero-order valence-corrected chi connectivity index (χ0v) is 12.6. The molecule has 106 valence electrons. The average molecular weight is 290 g/mol. The summed E-state index contributed by atoms with van der Waals surface area (Å²) in [6.07, 6.45) is 0.864. The quantitative estimate of drug-likeness (QED) is 0.884. The van der Waals surface area contributed by atoms with E-state index in [0.717, 1.165) is 12.1 Å². The molecule has 2 aromatic heterocycles. The molecule has 0 fully saturated rings. The van der Waals surface area contributed by atoms with Gasteiger partial charge in [0.2, 0.25) is 0 Å². The summed E-state index contributed by atoms with van der Waals surface area (Å²) in [4.78, 5) is 15.6. The van der Waals surface area contributed by atoms with Crippen LogP contribution in [-0.2, 0) is 6.42 Å². The lowest BCUT2D eigenvalue weighted by atomic mass is 10.1. The smallest absolute Gasteiger partial charge is 0.339 e. The van der Waals surface area contributed by atoms with Crippen molar-refractivity contribution >= 4 is 23.0 Å². The first kappa shape index (κ1) is 14.5. The van der Waals surface area contributed by atoms with Crippen molar-refractivity contribution in [3.63, 3.8) is 0 Å². The van der Waals surface area contributed by atoms with E-state index in [-0.39, 0.29) is 11.6 Å². The summed E-state index contributed by atoms with van der Waals surface area (Å²) in [5.74, 6) is -0.944. The van der Waals surface area contributed by atoms with Gasteiger partial charge in [-0.15, -0.1) is 0 Å². The number of carboxylic acid groups (broad SMARTS) is 1. The third-order valence-electron chi connectivity index (χ3n) is 3.07. The van der Waals surface area contributed by atoms with Crippen LogP contribution in [0.4, 0.5) is 5.69 Å². The Bertz CT molecular complexity index is 609. The number of aryl methyl sites for hydroxylation is 2. The largest absolute Gasteiger partial charge is 0.478 e. The summed E-state index contributed by atoms with van der Waals surface area (Å²) in [5.41, 5.74) is 3.52. The fraction of sp³-hybridized carbons (Fsp3) is 0.333. The molecule has 0 radical (unpaired) electrons. The second-order valence-corrected chi connectivity index (χ2v) is 5.74. The first-order chi connectivity index (χ1) is 9.47. The molecule has 2 aromatic rings. The molecule has 0 saturated heterocycles. The van der Waals surface area contributed by atoms with E-state index in [1.807, 2.05) is 19.2 Å². The molecule has 20 heavy (non-hydrogen) atoms. The molecular weight excluding hydrogens is 272 g/mol. The summed E-state index contributed by atoms with van der Waals surface area (Å²) in [5, 5.41) is 16.8. The minimum absolute atomic E-state index is 0.156. The predicted molar refractivity (Wildman–Crippen MR) is 81.8 cm³/mol. The molecule has 0 spiro atoms. The molecule has 0 aliphatic heterocycles. The maximum Gasteiger partial charge on any atom is 0.339 e. The Kier molecular flexibility index (Phi) is 4.39. The SMILES string of the molecule is Cc1cc(NC(C)Cc2ccsc2)c(C(=O)O)c(C)n1. The third kappa shape index (κ3) is 3.36. The molecule has 5 heteroatoms. The minimum Gasteiger partial charge on any atom is -0.478 e. The van der Waals surface area contributed by atoms with E-state index in [4.69, 9.17) is 0 Å². The molecule has 2 heterocycles. The maximum absolute atomic E-state index is 11.4. The Hall–Kier alpha value is -1.88. The molecule has 0 bridgehead atoms. The van der Waals surface area contributed by atoms with Gasteiger partial charge in [-0.1, -0.05) is 0 Å². The number of aromatic carboxylic acids is 1. The van der Waals surface area contributed by atoms with Crippen LogP contribution in [0.1, 0.15) is 34.2 Å². The lowest BCUT2D eigenvalue weighted by Gasteiger charge is -2.18. The van der Waals surface area contributed by atoms with Crippen LogP contribution in [0, 0.1) is 13.8 Å². The molecule has 0 aliphatic rings. The highest BCUT2D eigenvalue weighted by Gasteiger charge is 2.17. The molecule has 0 aromatic carbocycles. The number of carboxylic acids is 1. The minimum atomic E-state index is -0.944. The van der Waals surface area contributed by atoms with Crippen molar-refractivity contribution in [3.8, 4) is 0 Å². The third-order valence-corrected chi connectivity index (χ3v) is 3.80. The van der Waals surface area contributed by atoms with Crippen LogP contribution in [0.3, 0.4) is 0 Å². The van der Waals surface area contributed by atoms with Gasteiger partial charge in [0.15, 0.2) is 0 Å². The van der Waals surface area contributed by atoms with Gasteiger partial charge in [-0.25, -0.2) is 4.79 Å². The van der Waals surface area contributed by atoms with E-state index in [2.05, 4.69) is 21.7 Å². The van der Waals surface area contributed by atoms with Gasteiger partial charge in [-0.3, -0.25) is 4.98 Å². The van der Waals surface area contributed by atoms with Gasteiger partial charge in [-0.05, 0) is 55.6 Å². The number of anilines is 1. The van der Waals surface area contributed by atoms with Gasteiger partial charge in [-0.2, -0.15) is 11.3 Å².